The molecular formula is C27H28ClN5O3S. The third-order valence-corrected chi connectivity index (χ3v) is 8.04. The molecule has 2 aliphatic rings. The molecule has 10 heteroatoms. The first kappa shape index (κ1) is 25.4. The van der Waals surface area contributed by atoms with E-state index in [0.29, 0.717) is 46.7 Å². The molecule has 0 aliphatic carbocycles. The van der Waals surface area contributed by atoms with Gasteiger partial charge >= 0.3 is 0 Å². The third kappa shape index (κ3) is 4.74. The number of nitrogens with one attached hydrogen (secondary N) is 2. The number of amides is 2. The van der Waals surface area contributed by atoms with Crippen molar-refractivity contribution in [2.45, 2.75) is 38.8 Å². The summed E-state index contributed by atoms with van der Waals surface area (Å²) in [6, 6.07) is 6.92. The number of fused-ring (bicyclic) bond motifs is 2. The minimum Gasteiger partial charge on any atom is -0.381 e. The Morgan fingerprint density at radius 2 is 1.89 bits per heavy atom. The number of carbonyl (C=O) groups is 2. The van der Waals surface area contributed by atoms with Crippen LogP contribution in [0.25, 0.3) is 0 Å². The molecule has 5 rings (SSSR count). The monoisotopic (exact) mass is 537 g/mol. The summed E-state index contributed by atoms with van der Waals surface area (Å²) in [7, 11) is 3.82. The highest BCUT2D eigenvalue weighted by Crippen LogP contribution is 2.36. The highest BCUT2D eigenvalue weighted by atomic mass is 35.5. The second-order valence-electron chi connectivity index (χ2n) is 9.89. The van der Waals surface area contributed by atoms with E-state index in [-0.39, 0.29) is 29.5 Å². The molecule has 0 saturated heterocycles. The zero-order valence-electron chi connectivity index (χ0n) is 21.1. The highest BCUT2D eigenvalue weighted by molar-refractivity contribution is 7.10. The maximum absolute atomic E-state index is 13.1. The van der Waals surface area contributed by atoms with Gasteiger partial charge in [-0.1, -0.05) is 11.6 Å². The van der Waals surface area contributed by atoms with E-state index >= 15 is 0 Å². The van der Waals surface area contributed by atoms with Gasteiger partial charge in [-0.15, -0.1) is 11.3 Å². The standard InChI is InChI=1S/C27H28ClN5O3S/c1-14(9-23-19(28)6-8-37-23)30-20-5-7-29-25(34)24(20)22-11-16-10-17-18(12-21(16)31-22)27(36)33(26(17)35)15(2)13-32(3)4/h5-8,10,12,14-15H,9,11,13H2,1-4H3,(H2,29,30,34)/t14-,15-/m0/s1. The number of H-pyrrole nitrogens is 1. The zero-order chi connectivity index (χ0) is 26.4. The van der Waals surface area contributed by atoms with E-state index in [9.17, 15) is 14.4 Å². The first-order valence-corrected chi connectivity index (χ1v) is 13.4. The van der Waals surface area contributed by atoms with Gasteiger partial charge in [0, 0.05) is 36.5 Å². The number of aliphatic imine (C=N–C) groups is 1. The van der Waals surface area contributed by atoms with Gasteiger partial charge in [-0.25, -0.2) is 0 Å². The molecule has 192 valence electrons. The summed E-state index contributed by atoms with van der Waals surface area (Å²) in [4.78, 5) is 51.0. The number of pyridine rings is 1. The second-order valence-corrected chi connectivity index (χ2v) is 11.3. The number of likely N-dealkylation sites (N-methyl/N-ethyl adjacent to an activating group) is 1. The van der Waals surface area contributed by atoms with Gasteiger partial charge in [-0.2, -0.15) is 0 Å². The molecule has 2 amide bonds. The van der Waals surface area contributed by atoms with Gasteiger partial charge in [-0.05, 0) is 63.2 Å². The van der Waals surface area contributed by atoms with Crippen molar-refractivity contribution in [2.24, 2.45) is 4.99 Å². The van der Waals surface area contributed by atoms with Crippen LogP contribution >= 0.6 is 22.9 Å². The van der Waals surface area contributed by atoms with E-state index < -0.39 is 0 Å². The SMILES string of the molecule is C[C@@H](Cc1sccc1Cl)Nc1cc[nH]c(=O)c1C1=Nc2cc3c(cc2C1)C(=O)N([C@@H](C)CN(C)C)C3=O. The number of nitrogens with zero attached hydrogens (tertiary/aromatic N) is 3. The Bertz CT molecular complexity index is 1490. The number of rotatable bonds is 8. The van der Waals surface area contributed by atoms with Crippen molar-refractivity contribution < 1.29 is 9.59 Å². The van der Waals surface area contributed by atoms with Crippen molar-refractivity contribution in [2.75, 3.05) is 26.0 Å². The fourth-order valence-corrected chi connectivity index (χ4v) is 6.30. The molecule has 2 N–H and O–H groups in total. The lowest BCUT2D eigenvalue weighted by molar-refractivity contribution is 0.0576. The third-order valence-electron chi connectivity index (χ3n) is 6.63. The lowest BCUT2D eigenvalue weighted by atomic mass is 10.00. The molecule has 1 aromatic carbocycles. The van der Waals surface area contributed by atoms with E-state index in [2.05, 4.69) is 10.3 Å². The predicted molar refractivity (Wildman–Crippen MR) is 148 cm³/mol. The van der Waals surface area contributed by atoms with Gasteiger partial charge < -0.3 is 15.2 Å². The van der Waals surface area contributed by atoms with Gasteiger partial charge in [0.05, 0.1) is 44.8 Å². The van der Waals surface area contributed by atoms with E-state index in [4.69, 9.17) is 16.6 Å². The first-order valence-electron chi connectivity index (χ1n) is 12.1. The number of benzene rings is 1. The summed E-state index contributed by atoms with van der Waals surface area (Å²) in [5.74, 6) is -0.589. The van der Waals surface area contributed by atoms with Gasteiger partial charge in [0.15, 0.2) is 0 Å². The minimum absolute atomic E-state index is 0.0234. The van der Waals surface area contributed by atoms with Crippen LogP contribution in [0.5, 0.6) is 0 Å². The summed E-state index contributed by atoms with van der Waals surface area (Å²) in [6.45, 7) is 4.49. The van der Waals surface area contributed by atoms with Crippen LogP contribution in [0.2, 0.25) is 5.02 Å². The summed E-state index contributed by atoms with van der Waals surface area (Å²) in [6.07, 6.45) is 2.72. The molecule has 0 spiro atoms. The number of hydrogen-bond donors (Lipinski definition) is 2. The molecule has 3 aromatic rings. The predicted octanol–water partition coefficient (Wildman–Crippen LogP) is 4.36. The Kier molecular flexibility index (Phi) is 6.78. The Morgan fingerprint density at radius 3 is 2.57 bits per heavy atom. The number of halogens is 1. The average Bonchev–Trinajstić information content (AvgIpc) is 3.48. The van der Waals surface area contributed by atoms with Crippen molar-refractivity contribution in [1.29, 1.82) is 0 Å². The lowest BCUT2D eigenvalue weighted by Crippen LogP contribution is -2.43. The van der Waals surface area contributed by atoms with Crippen LogP contribution in [0.3, 0.4) is 0 Å². The van der Waals surface area contributed by atoms with Gasteiger partial charge in [-0.3, -0.25) is 24.3 Å². The Balaban J connectivity index is 1.42. The summed E-state index contributed by atoms with van der Waals surface area (Å²) >= 11 is 7.87. The topological polar surface area (TPSA) is 97.9 Å². The molecule has 0 saturated carbocycles. The van der Waals surface area contributed by atoms with Gasteiger partial charge in [0.1, 0.15) is 0 Å². The van der Waals surface area contributed by atoms with E-state index in [1.165, 1.54) is 4.90 Å². The van der Waals surface area contributed by atoms with Crippen LogP contribution in [0.15, 0.2) is 45.6 Å². The summed E-state index contributed by atoms with van der Waals surface area (Å²) in [5, 5.41) is 6.15. The molecular weight excluding hydrogens is 510 g/mol. The van der Waals surface area contributed by atoms with Crippen LogP contribution in [-0.4, -0.2) is 65.0 Å². The number of carbonyl (C=O) groups excluding carboxylic acids is 2. The molecule has 4 heterocycles. The molecule has 2 aromatic heterocycles. The Hall–Kier alpha value is -3.27. The number of imide groups is 1. The lowest BCUT2D eigenvalue weighted by Gasteiger charge is -2.25. The van der Waals surface area contributed by atoms with Crippen molar-refractivity contribution >= 4 is 51.8 Å². The Morgan fingerprint density at radius 1 is 1.16 bits per heavy atom. The molecule has 2 atom stereocenters. The minimum atomic E-state index is -0.304. The van der Waals surface area contributed by atoms with Crippen molar-refractivity contribution in [3.63, 3.8) is 0 Å². The fraction of sp³-hybridized carbons (Fsp3) is 0.333. The summed E-state index contributed by atoms with van der Waals surface area (Å²) in [5.41, 5.74) is 3.69. The van der Waals surface area contributed by atoms with E-state index in [1.54, 1.807) is 29.7 Å². The van der Waals surface area contributed by atoms with Crippen LogP contribution in [0, 0.1) is 0 Å². The van der Waals surface area contributed by atoms with Crippen LogP contribution in [-0.2, 0) is 12.8 Å². The highest BCUT2D eigenvalue weighted by Gasteiger charge is 2.40. The molecule has 37 heavy (non-hydrogen) atoms. The maximum Gasteiger partial charge on any atom is 0.261 e. The van der Waals surface area contributed by atoms with Crippen molar-refractivity contribution in [1.82, 2.24) is 14.8 Å². The molecule has 0 unspecified atom stereocenters. The van der Waals surface area contributed by atoms with Crippen LogP contribution < -0.4 is 10.9 Å². The first-order chi connectivity index (χ1) is 17.6. The Labute approximate surface area is 224 Å². The largest absolute Gasteiger partial charge is 0.381 e. The van der Waals surface area contributed by atoms with Gasteiger partial charge in [0.2, 0.25) is 0 Å². The number of aromatic nitrogens is 1. The number of anilines is 1. The molecule has 2 aliphatic heterocycles. The second kappa shape index (κ2) is 9.89. The fourth-order valence-electron chi connectivity index (χ4n) is 5.06. The van der Waals surface area contributed by atoms with E-state index in [1.807, 2.05) is 50.4 Å². The van der Waals surface area contributed by atoms with Gasteiger partial charge in [0.25, 0.3) is 17.4 Å². The number of hydrogen-bond acceptors (Lipinski definition) is 7. The average molecular weight is 538 g/mol. The molecule has 0 radical (unpaired) electrons. The maximum atomic E-state index is 13.1. The van der Waals surface area contributed by atoms with Crippen LogP contribution in [0.1, 0.15) is 50.6 Å². The van der Waals surface area contributed by atoms with Crippen LogP contribution in [0.4, 0.5) is 11.4 Å². The van der Waals surface area contributed by atoms with Crippen molar-refractivity contribution in [3.05, 3.63) is 78.3 Å². The number of thiophene rings is 1. The van der Waals surface area contributed by atoms with Crippen molar-refractivity contribution in [3.8, 4) is 0 Å². The normalized spacial score (nSPS) is 16.2. The smallest absolute Gasteiger partial charge is 0.261 e. The van der Waals surface area contributed by atoms with E-state index in [0.717, 1.165) is 21.9 Å². The molecule has 0 fully saturated rings. The zero-order valence-corrected chi connectivity index (χ0v) is 22.7. The molecule has 0 bridgehead atoms. The summed E-state index contributed by atoms with van der Waals surface area (Å²) < 4.78 is 0. The quantitative estimate of drug-likeness (QED) is 0.416. The number of aromatic amines is 1. The molecule has 8 nitrogen and oxygen atoms in total.